The predicted molar refractivity (Wildman–Crippen MR) is 134 cm³/mol. The minimum atomic E-state index is -1.15. The van der Waals surface area contributed by atoms with Crippen LogP contribution >= 0.6 is 46.4 Å². The number of alkyl halides is 2. The van der Waals surface area contributed by atoms with Gasteiger partial charge in [0.05, 0.1) is 6.20 Å². The molecule has 0 aliphatic rings. The van der Waals surface area contributed by atoms with E-state index in [0.29, 0.717) is 18.0 Å². The Kier molecular flexibility index (Phi) is 10.3. The number of aromatic nitrogens is 1. The number of carbonyl (C=O) groups excluding carboxylic acids is 1. The zero-order chi connectivity index (χ0) is 23.8. The van der Waals surface area contributed by atoms with Crippen LogP contribution in [0.5, 0.6) is 0 Å². The topological polar surface area (TPSA) is 72.4 Å². The van der Waals surface area contributed by atoms with Crippen molar-refractivity contribution in [1.29, 1.82) is 0 Å². The minimum Gasteiger partial charge on any atom is -0.356 e. The summed E-state index contributed by atoms with van der Waals surface area (Å²) in [6.07, 6.45) is 1.56. The molecule has 0 saturated carbocycles. The fourth-order valence-corrected chi connectivity index (χ4v) is 3.27. The molecule has 1 amide bonds. The van der Waals surface area contributed by atoms with Gasteiger partial charge < -0.3 is 15.2 Å². The number of rotatable bonds is 6. The molecule has 5 nitrogen and oxygen atoms in total. The predicted octanol–water partition coefficient (Wildman–Crippen LogP) is 6.76. The second-order valence-electron chi connectivity index (χ2n) is 7.43. The standard InChI is InChI=1S/C16H19Cl2N3O2.C7H6Cl2/c1-10(2)13(19)9-21(16(22)15(17)18)12-5-3-4-11(8-12)14-6-7-20-23-14;1-5-6(8)3-2-4-7(5)9/h3-8,10,13,15H,9,19H2,1-2H3;2-4H,1H3. The number of hydrogen-bond donors (Lipinski definition) is 1. The van der Waals surface area contributed by atoms with Crippen LogP contribution in [0.25, 0.3) is 11.3 Å². The van der Waals surface area contributed by atoms with E-state index >= 15 is 0 Å². The highest BCUT2D eigenvalue weighted by molar-refractivity contribution is 6.54. The van der Waals surface area contributed by atoms with Gasteiger partial charge in [-0.1, -0.05) is 83.6 Å². The molecular formula is C23H25Cl4N3O2. The third kappa shape index (κ3) is 7.39. The molecule has 32 heavy (non-hydrogen) atoms. The maximum Gasteiger partial charge on any atom is 0.260 e. The molecule has 9 heteroatoms. The number of halogens is 4. The molecule has 2 aromatic carbocycles. The van der Waals surface area contributed by atoms with E-state index in [9.17, 15) is 4.79 Å². The van der Waals surface area contributed by atoms with Crippen LogP contribution in [0.4, 0.5) is 5.69 Å². The SMILES string of the molecule is CC(C)C(N)CN(C(=O)C(Cl)Cl)c1cccc(-c2ccno2)c1.Cc1c(Cl)cccc1Cl. The molecule has 3 aromatic rings. The van der Waals surface area contributed by atoms with Crippen LogP contribution < -0.4 is 10.6 Å². The van der Waals surface area contributed by atoms with E-state index in [1.807, 2.05) is 57.2 Å². The van der Waals surface area contributed by atoms with Crippen LogP contribution in [0.3, 0.4) is 0 Å². The van der Waals surface area contributed by atoms with Gasteiger partial charge in [0.1, 0.15) is 0 Å². The molecule has 172 valence electrons. The molecule has 0 radical (unpaired) electrons. The van der Waals surface area contributed by atoms with E-state index < -0.39 is 10.7 Å². The largest absolute Gasteiger partial charge is 0.356 e. The van der Waals surface area contributed by atoms with Crippen molar-refractivity contribution in [2.24, 2.45) is 11.7 Å². The number of benzene rings is 2. The number of nitrogens with zero attached hydrogens (tertiary/aromatic N) is 2. The quantitative estimate of drug-likeness (QED) is 0.367. The Hall–Kier alpha value is -1.76. The van der Waals surface area contributed by atoms with Gasteiger partial charge in [-0.15, -0.1) is 0 Å². The fraction of sp³-hybridized carbons (Fsp3) is 0.304. The molecule has 0 bridgehead atoms. The van der Waals surface area contributed by atoms with Crippen LogP contribution in [0.15, 0.2) is 59.3 Å². The monoisotopic (exact) mass is 515 g/mol. The summed E-state index contributed by atoms with van der Waals surface area (Å²) in [5, 5.41) is 5.14. The van der Waals surface area contributed by atoms with E-state index in [1.165, 1.54) is 4.90 Å². The summed E-state index contributed by atoms with van der Waals surface area (Å²) in [5.41, 5.74) is 8.52. The second kappa shape index (κ2) is 12.5. The van der Waals surface area contributed by atoms with Crippen molar-refractivity contribution in [1.82, 2.24) is 5.16 Å². The van der Waals surface area contributed by atoms with Gasteiger partial charge in [-0.05, 0) is 42.7 Å². The van der Waals surface area contributed by atoms with Crippen molar-refractivity contribution < 1.29 is 9.32 Å². The lowest BCUT2D eigenvalue weighted by Crippen LogP contribution is -2.45. The van der Waals surface area contributed by atoms with Gasteiger partial charge in [-0.25, -0.2) is 0 Å². The maximum absolute atomic E-state index is 12.4. The molecule has 1 aromatic heterocycles. The lowest BCUT2D eigenvalue weighted by Gasteiger charge is -2.28. The molecule has 0 aliphatic carbocycles. The zero-order valence-electron chi connectivity index (χ0n) is 17.9. The molecule has 2 N–H and O–H groups in total. The van der Waals surface area contributed by atoms with E-state index in [4.69, 9.17) is 56.7 Å². The fourth-order valence-electron chi connectivity index (χ4n) is 2.63. The van der Waals surface area contributed by atoms with E-state index in [-0.39, 0.29) is 12.0 Å². The van der Waals surface area contributed by atoms with E-state index in [0.717, 1.165) is 21.2 Å². The average Bonchev–Trinajstić information content (AvgIpc) is 3.30. The molecule has 0 spiro atoms. The second-order valence-corrected chi connectivity index (χ2v) is 9.34. The first-order chi connectivity index (χ1) is 15.1. The molecular weight excluding hydrogens is 492 g/mol. The maximum atomic E-state index is 12.4. The summed E-state index contributed by atoms with van der Waals surface area (Å²) in [7, 11) is 0. The van der Waals surface area contributed by atoms with Crippen molar-refractivity contribution in [3.05, 3.63) is 70.3 Å². The average molecular weight is 517 g/mol. The number of anilines is 1. The lowest BCUT2D eigenvalue weighted by molar-refractivity contribution is -0.117. The van der Waals surface area contributed by atoms with Crippen molar-refractivity contribution >= 4 is 58.0 Å². The highest BCUT2D eigenvalue weighted by Crippen LogP contribution is 2.26. The molecule has 1 atom stereocenters. The summed E-state index contributed by atoms with van der Waals surface area (Å²) in [6, 6.07) is 14.3. The first-order valence-corrected chi connectivity index (χ1v) is 11.5. The van der Waals surface area contributed by atoms with Gasteiger partial charge in [0.25, 0.3) is 5.91 Å². The molecule has 1 unspecified atom stereocenters. The van der Waals surface area contributed by atoms with Crippen LogP contribution in [0, 0.1) is 12.8 Å². The van der Waals surface area contributed by atoms with Gasteiger partial charge in [-0.2, -0.15) is 0 Å². The third-order valence-corrected chi connectivity index (χ3v) is 5.98. The lowest BCUT2D eigenvalue weighted by atomic mass is 10.0. The molecule has 1 heterocycles. The molecule has 0 saturated heterocycles. The van der Waals surface area contributed by atoms with Crippen molar-refractivity contribution in [2.45, 2.75) is 31.6 Å². The number of amides is 1. The minimum absolute atomic E-state index is 0.194. The highest BCUT2D eigenvalue weighted by atomic mass is 35.5. The normalized spacial score (nSPS) is 11.8. The van der Waals surface area contributed by atoms with E-state index in [1.54, 1.807) is 18.3 Å². The zero-order valence-corrected chi connectivity index (χ0v) is 21.0. The summed E-state index contributed by atoms with van der Waals surface area (Å²) in [5.74, 6) is 0.423. The van der Waals surface area contributed by atoms with Gasteiger partial charge in [0.2, 0.25) is 0 Å². The number of nitrogens with two attached hydrogens (primary N) is 1. The van der Waals surface area contributed by atoms with Gasteiger partial charge in [0.15, 0.2) is 10.6 Å². The summed E-state index contributed by atoms with van der Waals surface area (Å²) in [4.78, 5) is 12.7. The summed E-state index contributed by atoms with van der Waals surface area (Å²) >= 11 is 23.0. The first-order valence-electron chi connectivity index (χ1n) is 9.88. The Morgan fingerprint density at radius 1 is 1.09 bits per heavy atom. The third-order valence-electron chi connectivity index (χ3n) is 4.78. The first kappa shape index (κ1) is 26.5. The van der Waals surface area contributed by atoms with Gasteiger partial charge >= 0.3 is 0 Å². The Morgan fingerprint density at radius 2 is 1.72 bits per heavy atom. The Morgan fingerprint density at radius 3 is 2.22 bits per heavy atom. The van der Waals surface area contributed by atoms with Crippen molar-refractivity contribution in [3.8, 4) is 11.3 Å². The van der Waals surface area contributed by atoms with Crippen molar-refractivity contribution in [3.63, 3.8) is 0 Å². The summed E-state index contributed by atoms with van der Waals surface area (Å²) < 4.78 is 5.15. The Bertz CT molecular complexity index is 990. The number of hydrogen-bond acceptors (Lipinski definition) is 4. The Balaban J connectivity index is 0.000000336. The van der Waals surface area contributed by atoms with Gasteiger partial charge in [-0.3, -0.25) is 4.79 Å². The van der Waals surface area contributed by atoms with Crippen LogP contribution in [-0.2, 0) is 4.79 Å². The molecule has 3 rings (SSSR count). The number of carbonyl (C=O) groups is 1. The van der Waals surface area contributed by atoms with Crippen LogP contribution in [0.1, 0.15) is 19.4 Å². The summed E-state index contributed by atoms with van der Waals surface area (Å²) in [6.45, 7) is 6.21. The van der Waals surface area contributed by atoms with Crippen LogP contribution in [0.2, 0.25) is 10.0 Å². The van der Waals surface area contributed by atoms with Crippen molar-refractivity contribution in [2.75, 3.05) is 11.4 Å². The van der Waals surface area contributed by atoms with Gasteiger partial charge in [0, 0.05) is 39.9 Å². The van der Waals surface area contributed by atoms with E-state index in [2.05, 4.69) is 5.16 Å². The molecule has 0 fully saturated rings. The smallest absolute Gasteiger partial charge is 0.260 e. The van der Waals surface area contributed by atoms with Crippen LogP contribution in [-0.4, -0.2) is 28.5 Å². The Labute approximate surface area is 208 Å². The highest BCUT2D eigenvalue weighted by Gasteiger charge is 2.25. The molecule has 0 aliphatic heterocycles.